The van der Waals surface area contributed by atoms with Crippen LogP contribution >= 0.6 is 11.6 Å². The smallest absolute Gasteiger partial charge is 0.251 e. The van der Waals surface area contributed by atoms with Gasteiger partial charge in [-0.15, -0.1) is 0 Å². The van der Waals surface area contributed by atoms with Crippen molar-refractivity contribution < 1.29 is 0 Å². The van der Waals surface area contributed by atoms with Crippen molar-refractivity contribution in [1.29, 1.82) is 0 Å². The molecular formula is C17H21ClN4O. The molecule has 1 aromatic carbocycles. The Kier molecular flexibility index (Phi) is 5.10. The number of piperidine rings is 1. The summed E-state index contributed by atoms with van der Waals surface area (Å²) in [6, 6.07) is 8.91. The van der Waals surface area contributed by atoms with E-state index in [2.05, 4.69) is 14.9 Å². The Labute approximate surface area is 140 Å². The van der Waals surface area contributed by atoms with Gasteiger partial charge >= 0.3 is 0 Å². The second-order valence-electron chi connectivity index (χ2n) is 6.05. The monoisotopic (exact) mass is 332 g/mol. The molecule has 1 fully saturated rings. The van der Waals surface area contributed by atoms with E-state index >= 15 is 0 Å². The average Bonchev–Trinajstić information content (AvgIpc) is 2.55. The van der Waals surface area contributed by atoms with E-state index in [-0.39, 0.29) is 5.56 Å². The van der Waals surface area contributed by atoms with Crippen LogP contribution in [0.25, 0.3) is 11.4 Å². The van der Waals surface area contributed by atoms with Crippen molar-refractivity contribution in [2.24, 2.45) is 11.7 Å². The maximum atomic E-state index is 11.9. The van der Waals surface area contributed by atoms with Crippen molar-refractivity contribution >= 4 is 11.6 Å². The molecule has 23 heavy (non-hydrogen) atoms. The van der Waals surface area contributed by atoms with Crippen molar-refractivity contribution in [1.82, 2.24) is 14.9 Å². The average molecular weight is 333 g/mol. The van der Waals surface area contributed by atoms with Crippen molar-refractivity contribution in [2.75, 3.05) is 19.6 Å². The molecule has 0 amide bonds. The van der Waals surface area contributed by atoms with Crippen LogP contribution in [0.3, 0.4) is 0 Å². The summed E-state index contributed by atoms with van der Waals surface area (Å²) in [6.45, 7) is 3.45. The lowest BCUT2D eigenvalue weighted by Crippen LogP contribution is -2.36. The summed E-state index contributed by atoms with van der Waals surface area (Å²) in [5.74, 6) is 1.19. The van der Waals surface area contributed by atoms with E-state index in [1.807, 2.05) is 12.1 Å². The lowest BCUT2D eigenvalue weighted by molar-refractivity contribution is 0.178. The number of nitrogens with zero attached hydrogens (tertiary/aromatic N) is 2. The highest BCUT2D eigenvalue weighted by atomic mass is 35.5. The number of nitrogens with two attached hydrogens (primary N) is 1. The summed E-state index contributed by atoms with van der Waals surface area (Å²) in [7, 11) is 0. The Bertz CT molecular complexity index is 723. The van der Waals surface area contributed by atoms with E-state index in [1.165, 1.54) is 0 Å². The van der Waals surface area contributed by atoms with Crippen LogP contribution in [-0.4, -0.2) is 34.5 Å². The third-order valence-electron chi connectivity index (χ3n) is 4.32. The normalized spacial score (nSPS) is 16.6. The third-order valence-corrected chi connectivity index (χ3v) is 4.55. The highest BCUT2D eigenvalue weighted by molar-refractivity contribution is 6.30. The lowest BCUT2D eigenvalue weighted by Gasteiger charge is -2.30. The molecule has 0 aliphatic carbocycles. The van der Waals surface area contributed by atoms with E-state index in [1.54, 1.807) is 18.2 Å². The molecular weight excluding hydrogens is 312 g/mol. The first-order chi connectivity index (χ1) is 11.1. The zero-order valence-electron chi connectivity index (χ0n) is 13.0. The molecule has 3 N–H and O–H groups in total. The van der Waals surface area contributed by atoms with Crippen LogP contribution in [0.15, 0.2) is 35.1 Å². The lowest BCUT2D eigenvalue weighted by atomic mass is 9.97. The molecule has 1 aromatic heterocycles. The van der Waals surface area contributed by atoms with Crippen molar-refractivity contribution in [3.05, 3.63) is 51.4 Å². The summed E-state index contributed by atoms with van der Waals surface area (Å²) in [6.07, 6.45) is 2.22. The first kappa shape index (κ1) is 16.2. The highest BCUT2D eigenvalue weighted by Gasteiger charge is 2.18. The standard InChI is InChI=1S/C17H21ClN4O/c18-14-3-1-2-13(8-14)17-20-15(9-16(23)21-17)11-22-6-4-12(10-19)5-7-22/h1-3,8-9,12H,4-7,10-11,19H2,(H,20,21,23). The van der Waals surface area contributed by atoms with Crippen LogP contribution in [-0.2, 0) is 6.54 Å². The molecule has 0 bridgehead atoms. The molecule has 0 radical (unpaired) electrons. The molecule has 2 heterocycles. The quantitative estimate of drug-likeness (QED) is 0.900. The first-order valence-corrected chi connectivity index (χ1v) is 8.30. The molecule has 1 aliphatic rings. The van der Waals surface area contributed by atoms with Gasteiger partial charge in [0.15, 0.2) is 0 Å². The van der Waals surface area contributed by atoms with Crippen molar-refractivity contribution in [3.8, 4) is 11.4 Å². The van der Waals surface area contributed by atoms with E-state index in [0.29, 0.717) is 23.3 Å². The van der Waals surface area contributed by atoms with Gasteiger partial charge in [-0.05, 0) is 50.5 Å². The van der Waals surface area contributed by atoms with Gasteiger partial charge < -0.3 is 10.7 Å². The number of nitrogens with one attached hydrogen (secondary N) is 1. The third kappa shape index (κ3) is 4.19. The van der Waals surface area contributed by atoms with Gasteiger partial charge in [-0.3, -0.25) is 9.69 Å². The van der Waals surface area contributed by atoms with E-state index < -0.39 is 0 Å². The van der Waals surface area contributed by atoms with Crippen molar-refractivity contribution in [3.63, 3.8) is 0 Å². The highest BCUT2D eigenvalue weighted by Crippen LogP contribution is 2.20. The first-order valence-electron chi connectivity index (χ1n) is 7.92. The van der Waals surface area contributed by atoms with Crippen LogP contribution < -0.4 is 11.3 Å². The number of hydrogen-bond donors (Lipinski definition) is 2. The van der Waals surface area contributed by atoms with Crippen molar-refractivity contribution in [2.45, 2.75) is 19.4 Å². The second kappa shape index (κ2) is 7.25. The number of rotatable bonds is 4. The minimum Gasteiger partial charge on any atom is -0.330 e. The predicted molar refractivity (Wildman–Crippen MR) is 92.4 cm³/mol. The summed E-state index contributed by atoms with van der Waals surface area (Å²) in [4.78, 5) is 21.7. The largest absolute Gasteiger partial charge is 0.330 e. The van der Waals surface area contributed by atoms with Gasteiger partial charge in [0.05, 0.1) is 5.69 Å². The number of aromatic nitrogens is 2. The number of halogens is 1. The van der Waals surface area contributed by atoms with Crippen LogP contribution in [0.5, 0.6) is 0 Å². The van der Waals surface area contributed by atoms with Gasteiger partial charge in [0, 0.05) is 23.2 Å². The molecule has 1 aliphatic heterocycles. The summed E-state index contributed by atoms with van der Waals surface area (Å²) in [5.41, 5.74) is 7.20. The zero-order valence-corrected chi connectivity index (χ0v) is 13.7. The summed E-state index contributed by atoms with van der Waals surface area (Å²) >= 11 is 6.02. The molecule has 2 aromatic rings. The van der Waals surface area contributed by atoms with Gasteiger partial charge in [0.25, 0.3) is 5.56 Å². The van der Waals surface area contributed by atoms with Gasteiger partial charge in [0.1, 0.15) is 5.82 Å². The minimum atomic E-state index is -0.137. The van der Waals surface area contributed by atoms with E-state index in [9.17, 15) is 4.79 Å². The maximum Gasteiger partial charge on any atom is 0.251 e. The Morgan fingerprint density at radius 3 is 2.78 bits per heavy atom. The van der Waals surface area contributed by atoms with Gasteiger partial charge in [-0.2, -0.15) is 0 Å². The van der Waals surface area contributed by atoms with E-state index in [0.717, 1.165) is 43.7 Å². The Hall–Kier alpha value is -1.69. The molecule has 1 saturated heterocycles. The molecule has 6 heteroatoms. The van der Waals surface area contributed by atoms with Crippen LogP contribution in [0.4, 0.5) is 0 Å². The van der Waals surface area contributed by atoms with Crippen LogP contribution in [0.2, 0.25) is 5.02 Å². The second-order valence-corrected chi connectivity index (χ2v) is 6.49. The molecule has 3 rings (SSSR count). The maximum absolute atomic E-state index is 11.9. The number of hydrogen-bond acceptors (Lipinski definition) is 4. The molecule has 5 nitrogen and oxygen atoms in total. The number of aromatic amines is 1. The zero-order chi connectivity index (χ0) is 16.2. The van der Waals surface area contributed by atoms with E-state index in [4.69, 9.17) is 17.3 Å². The number of likely N-dealkylation sites (tertiary alicyclic amines) is 1. The minimum absolute atomic E-state index is 0.137. The van der Waals surface area contributed by atoms with Gasteiger partial charge in [0.2, 0.25) is 0 Å². The Morgan fingerprint density at radius 2 is 2.09 bits per heavy atom. The molecule has 0 saturated carbocycles. The Balaban J connectivity index is 1.77. The topological polar surface area (TPSA) is 75.0 Å². The molecule has 0 spiro atoms. The molecule has 0 unspecified atom stereocenters. The number of benzene rings is 1. The summed E-state index contributed by atoms with van der Waals surface area (Å²) in [5, 5.41) is 0.624. The fraction of sp³-hybridized carbons (Fsp3) is 0.412. The summed E-state index contributed by atoms with van der Waals surface area (Å²) < 4.78 is 0. The van der Waals surface area contributed by atoms with Gasteiger partial charge in [-0.25, -0.2) is 4.98 Å². The Morgan fingerprint density at radius 1 is 1.30 bits per heavy atom. The molecule has 122 valence electrons. The van der Waals surface area contributed by atoms with Gasteiger partial charge in [-0.1, -0.05) is 23.7 Å². The fourth-order valence-corrected chi connectivity index (χ4v) is 3.16. The fourth-order valence-electron chi connectivity index (χ4n) is 2.97. The van der Waals surface area contributed by atoms with Crippen LogP contribution in [0, 0.1) is 5.92 Å². The molecule has 0 atom stereocenters. The SMILES string of the molecule is NCC1CCN(Cc2cc(=O)[nH]c(-c3cccc(Cl)c3)n2)CC1. The predicted octanol–water partition coefficient (Wildman–Crippen LogP) is 2.26. The van der Waals surface area contributed by atoms with Crippen LogP contribution in [0.1, 0.15) is 18.5 Å². The number of H-pyrrole nitrogens is 1.